The highest BCUT2D eigenvalue weighted by Gasteiger charge is 2.32. The van der Waals surface area contributed by atoms with Crippen LogP contribution in [0.2, 0.25) is 0 Å². The average molecular weight is 432 g/mol. The Balaban J connectivity index is 1.43. The van der Waals surface area contributed by atoms with Crippen molar-refractivity contribution in [2.75, 3.05) is 20.1 Å². The first-order valence-electron chi connectivity index (χ1n) is 10.6. The van der Waals surface area contributed by atoms with E-state index in [1.807, 2.05) is 6.92 Å². The van der Waals surface area contributed by atoms with E-state index in [0.29, 0.717) is 19.0 Å². The van der Waals surface area contributed by atoms with Gasteiger partial charge in [-0.1, -0.05) is 24.3 Å². The van der Waals surface area contributed by atoms with Crippen LogP contribution in [-0.4, -0.2) is 42.2 Å². The topological polar surface area (TPSA) is 32.8 Å². The second-order valence-corrected chi connectivity index (χ2v) is 8.75. The summed E-state index contributed by atoms with van der Waals surface area (Å²) < 4.78 is 40.9. The molecule has 166 valence electrons. The highest BCUT2D eigenvalue weighted by atomic mass is 19.4. The number of nitrogens with zero attached hydrogens (tertiary/aromatic N) is 2. The van der Waals surface area contributed by atoms with Crippen LogP contribution in [-0.2, 0) is 19.5 Å². The molecule has 2 aromatic rings. The van der Waals surface area contributed by atoms with Crippen LogP contribution < -0.4 is 4.74 Å². The number of likely N-dealkylation sites (tertiary alicyclic amines) is 1. The fourth-order valence-electron chi connectivity index (χ4n) is 4.67. The lowest BCUT2D eigenvalue weighted by Crippen LogP contribution is -2.30. The molecular weight excluding hydrogens is 405 g/mol. The fourth-order valence-corrected chi connectivity index (χ4v) is 4.67. The maximum absolute atomic E-state index is 13.0. The molecule has 0 bridgehead atoms. The quantitative estimate of drug-likeness (QED) is 0.671. The fraction of sp³-hybridized carbons (Fsp3) is 0.458. The molecular formula is C24H27F3N2O2. The summed E-state index contributed by atoms with van der Waals surface area (Å²) in [5.74, 6) is 0.398. The highest BCUT2D eigenvalue weighted by molar-refractivity contribution is 5.99. The van der Waals surface area contributed by atoms with Crippen molar-refractivity contribution in [1.29, 1.82) is 0 Å². The maximum Gasteiger partial charge on any atom is 0.573 e. The second kappa shape index (κ2) is 8.54. The molecule has 4 nitrogen and oxygen atoms in total. The Bertz CT molecular complexity index is 949. The molecule has 2 aliphatic rings. The summed E-state index contributed by atoms with van der Waals surface area (Å²) in [5, 5.41) is 0. The van der Waals surface area contributed by atoms with Crippen LogP contribution in [0.3, 0.4) is 0 Å². The number of halogens is 3. The number of aryl methyl sites for hydroxylation is 1. The van der Waals surface area contributed by atoms with Crippen molar-refractivity contribution in [2.45, 2.75) is 45.6 Å². The molecule has 0 atom stereocenters. The minimum Gasteiger partial charge on any atom is -0.406 e. The van der Waals surface area contributed by atoms with Gasteiger partial charge in [-0.2, -0.15) is 0 Å². The Kier molecular flexibility index (Phi) is 5.97. The minimum absolute atomic E-state index is 0.0195. The summed E-state index contributed by atoms with van der Waals surface area (Å²) in [6, 6.07) is 10.00. The van der Waals surface area contributed by atoms with E-state index in [4.69, 9.17) is 0 Å². The summed E-state index contributed by atoms with van der Waals surface area (Å²) in [7, 11) is 2.16. The molecule has 2 aliphatic heterocycles. The van der Waals surface area contributed by atoms with E-state index < -0.39 is 6.36 Å². The summed E-state index contributed by atoms with van der Waals surface area (Å²) >= 11 is 0. The first-order valence-corrected chi connectivity index (χ1v) is 10.6. The van der Waals surface area contributed by atoms with Crippen molar-refractivity contribution in [3.63, 3.8) is 0 Å². The van der Waals surface area contributed by atoms with Crippen molar-refractivity contribution < 1.29 is 22.7 Å². The Morgan fingerprint density at radius 1 is 1.06 bits per heavy atom. The van der Waals surface area contributed by atoms with E-state index in [1.54, 1.807) is 17.0 Å². The van der Waals surface area contributed by atoms with Gasteiger partial charge in [-0.05, 0) is 86.6 Å². The lowest BCUT2D eigenvalue weighted by Gasteiger charge is -2.29. The van der Waals surface area contributed by atoms with Crippen molar-refractivity contribution in [2.24, 2.45) is 5.92 Å². The molecule has 1 amide bonds. The van der Waals surface area contributed by atoms with E-state index in [2.05, 4.69) is 28.8 Å². The molecule has 0 spiro atoms. The van der Waals surface area contributed by atoms with Gasteiger partial charge in [0.1, 0.15) is 5.75 Å². The van der Waals surface area contributed by atoms with Crippen LogP contribution in [0.1, 0.15) is 45.5 Å². The van der Waals surface area contributed by atoms with Gasteiger partial charge in [0.15, 0.2) is 0 Å². The van der Waals surface area contributed by atoms with Crippen molar-refractivity contribution >= 4 is 5.91 Å². The summed E-state index contributed by atoms with van der Waals surface area (Å²) in [6.45, 7) is 5.13. The zero-order valence-electron chi connectivity index (χ0n) is 17.8. The molecule has 0 aromatic heterocycles. The summed E-state index contributed by atoms with van der Waals surface area (Å²) in [6.07, 6.45) is -1.27. The Morgan fingerprint density at radius 3 is 2.39 bits per heavy atom. The standard InChI is InChI=1S/C24H27F3N2O2/c1-16-11-19(12-17-7-9-28(2)10-8-17)13-20-15-29(23(30)22(16)20)14-18-3-5-21(6-4-18)31-24(25,26)27/h3-6,11,13,17H,7-10,12,14-15H2,1-2H3. The minimum atomic E-state index is -4.71. The third-order valence-corrected chi connectivity index (χ3v) is 6.23. The van der Waals surface area contributed by atoms with Crippen LogP contribution in [0.5, 0.6) is 5.75 Å². The zero-order chi connectivity index (χ0) is 22.2. The lowest BCUT2D eigenvalue weighted by molar-refractivity contribution is -0.274. The number of ether oxygens (including phenoxy) is 1. The largest absolute Gasteiger partial charge is 0.573 e. The SMILES string of the molecule is Cc1cc(CC2CCN(C)CC2)cc2c1C(=O)N(Cc1ccc(OC(F)(F)F)cc1)C2. The predicted molar refractivity (Wildman–Crippen MR) is 112 cm³/mol. The van der Waals surface area contributed by atoms with Gasteiger partial charge in [0.25, 0.3) is 5.91 Å². The third-order valence-electron chi connectivity index (χ3n) is 6.23. The van der Waals surface area contributed by atoms with Crippen LogP contribution >= 0.6 is 0 Å². The molecule has 7 heteroatoms. The number of benzene rings is 2. The molecule has 0 aliphatic carbocycles. The van der Waals surface area contributed by atoms with Gasteiger partial charge in [-0.25, -0.2) is 0 Å². The van der Waals surface area contributed by atoms with Gasteiger partial charge in [0.2, 0.25) is 0 Å². The van der Waals surface area contributed by atoms with Crippen molar-refractivity contribution in [3.05, 3.63) is 64.2 Å². The molecule has 1 fully saturated rings. The van der Waals surface area contributed by atoms with Crippen LogP contribution in [0.4, 0.5) is 13.2 Å². The van der Waals surface area contributed by atoms with Gasteiger partial charge in [0, 0.05) is 18.7 Å². The number of hydrogen-bond donors (Lipinski definition) is 0. The molecule has 2 aromatic carbocycles. The van der Waals surface area contributed by atoms with Crippen molar-refractivity contribution in [3.8, 4) is 5.75 Å². The molecule has 0 saturated carbocycles. The number of piperidine rings is 1. The molecule has 0 unspecified atom stereocenters. The Labute approximate surface area is 180 Å². The van der Waals surface area contributed by atoms with Gasteiger partial charge >= 0.3 is 6.36 Å². The number of carbonyl (C=O) groups excluding carboxylic acids is 1. The number of hydrogen-bond acceptors (Lipinski definition) is 3. The van der Waals surface area contributed by atoms with Crippen LogP contribution in [0.25, 0.3) is 0 Å². The van der Waals surface area contributed by atoms with E-state index in [0.717, 1.165) is 41.8 Å². The Morgan fingerprint density at radius 2 is 1.74 bits per heavy atom. The summed E-state index contributed by atoms with van der Waals surface area (Å²) in [5.41, 5.74) is 4.87. The Hall–Kier alpha value is -2.54. The third kappa shape index (κ3) is 5.21. The molecule has 4 rings (SSSR count). The molecule has 0 N–H and O–H groups in total. The van der Waals surface area contributed by atoms with Gasteiger partial charge in [-0.3, -0.25) is 4.79 Å². The van der Waals surface area contributed by atoms with Gasteiger partial charge in [0.05, 0.1) is 0 Å². The number of carbonyl (C=O) groups is 1. The van der Waals surface area contributed by atoms with E-state index >= 15 is 0 Å². The van der Waals surface area contributed by atoms with E-state index in [1.165, 1.54) is 30.5 Å². The smallest absolute Gasteiger partial charge is 0.406 e. The number of rotatable bonds is 5. The predicted octanol–water partition coefficient (Wildman–Crippen LogP) is 4.93. The first kappa shape index (κ1) is 21.7. The van der Waals surface area contributed by atoms with Gasteiger partial charge in [-0.15, -0.1) is 13.2 Å². The molecule has 31 heavy (non-hydrogen) atoms. The van der Waals surface area contributed by atoms with Crippen molar-refractivity contribution in [1.82, 2.24) is 9.80 Å². The highest BCUT2D eigenvalue weighted by Crippen LogP contribution is 2.31. The molecule has 0 radical (unpaired) electrons. The molecule has 2 heterocycles. The monoisotopic (exact) mass is 432 g/mol. The number of alkyl halides is 3. The lowest BCUT2D eigenvalue weighted by atomic mass is 9.88. The van der Waals surface area contributed by atoms with E-state index in [-0.39, 0.29) is 11.7 Å². The van der Waals surface area contributed by atoms with Crippen LogP contribution in [0, 0.1) is 12.8 Å². The van der Waals surface area contributed by atoms with Crippen LogP contribution in [0.15, 0.2) is 36.4 Å². The number of amides is 1. The zero-order valence-corrected chi connectivity index (χ0v) is 17.8. The first-order chi connectivity index (χ1) is 14.7. The average Bonchev–Trinajstić information content (AvgIpc) is 3.00. The summed E-state index contributed by atoms with van der Waals surface area (Å²) in [4.78, 5) is 17.1. The second-order valence-electron chi connectivity index (χ2n) is 8.75. The molecule has 1 saturated heterocycles. The van der Waals surface area contributed by atoms with Gasteiger partial charge < -0.3 is 14.5 Å². The number of fused-ring (bicyclic) bond motifs is 1. The normalized spacial score (nSPS) is 17.8. The maximum atomic E-state index is 13.0. The van der Waals surface area contributed by atoms with E-state index in [9.17, 15) is 18.0 Å².